The molecule has 0 spiro atoms. The van der Waals surface area contributed by atoms with Crippen LogP contribution in [0.5, 0.6) is 0 Å². The SMILES string of the molecule is C=CC(C)c1cc(F)cc(-c2ccnc(C#N)c2)c1NNSOCC(C)C. The number of rotatable bonds is 9. The van der Waals surface area contributed by atoms with Gasteiger partial charge in [-0.1, -0.05) is 26.8 Å². The normalized spacial score (nSPS) is 11.9. The molecule has 0 saturated carbocycles. The van der Waals surface area contributed by atoms with Crippen LogP contribution >= 0.6 is 12.2 Å². The van der Waals surface area contributed by atoms with Crippen molar-refractivity contribution in [2.24, 2.45) is 5.92 Å². The zero-order valence-electron chi connectivity index (χ0n) is 15.6. The first-order valence-corrected chi connectivity index (χ1v) is 9.32. The monoisotopic (exact) mass is 386 g/mol. The summed E-state index contributed by atoms with van der Waals surface area (Å²) in [5.41, 5.74) is 6.12. The van der Waals surface area contributed by atoms with Crippen molar-refractivity contribution in [3.8, 4) is 17.2 Å². The average Bonchev–Trinajstić information content (AvgIpc) is 2.67. The Morgan fingerprint density at radius 3 is 2.81 bits per heavy atom. The summed E-state index contributed by atoms with van der Waals surface area (Å²) >= 11 is 1.07. The highest BCUT2D eigenvalue weighted by Gasteiger charge is 2.17. The van der Waals surface area contributed by atoms with Gasteiger partial charge in [-0.3, -0.25) is 4.18 Å². The van der Waals surface area contributed by atoms with E-state index in [1.165, 1.54) is 18.3 Å². The number of hydrazine groups is 1. The largest absolute Gasteiger partial charge is 0.309 e. The van der Waals surface area contributed by atoms with Gasteiger partial charge in [0.2, 0.25) is 0 Å². The molecule has 0 radical (unpaired) electrons. The minimum absolute atomic E-state index is 0.0809. The van der Waals surface area contributed by atoms with Crippen LogP contribution in [0.1, 0.15) is 37.9 Å². The first-order valence-electron chi connectivity index (χ1n) is 8.58. The van der Waals surface area contributed by atoms with Gasteiger partial charge in [0.15, 0.2) is 0 Å². The van der Waals surface area contributed by atoms with E-state index in [-0.39, 0.29) is 17.4 Å². The molecule has 1 aromatic heterocycles. The molecule has 1 unspecified atom stereocenters. The highest BCUT2D eigenvalue weighted by molar-refractivity contribution is 7.92. The zero-order valence-corrected chi connectivity index (χ0v) is 16.4. The Kier molecular flexibility index (Phi) is 7.80. The predicted octanol–water partition coefficient (Wildman–Crippen LogP) is 5.20. The van der Waals surface area contributed by atoms with Gasteiger partial charge in [0.05, 0.1) is 24.5 Å². The van der Waals surface area contributed by atoms with Gasteiger partial charge in [-0.15, -0.1) is 6.58 Å². The molecule has 2 aromatic rings. The summed E-state index contributed by atoms with van der Waals surface area (Å²) in [5, 5.41) is 9.11. The molecule has 0 amide bonds. The van der Waals surface area contributed by atoms with Crippen molar-refractivity contribution in [2.45, 2.75) is 26.7 Å². The number of aromatic nitrogens is 1. The van der Waals surface area contributed by atoms with Crippen molar-refractivity contribution >= 4 is 17.9 Å². The van der Waals surface area contributed by atoms with Gasteiger partial charge in [-0.25, -0.2) is 9.37 Å². The summed E-state index contributed by atoms with van der Waals surface area (Å²) in [6.45, 7) is 10.5. The Bertz CT molecular complexity index is 835. The van der Waals surface area contributed by atoms with Gasteiger partial charge in [-0.2, -0.15) is 10.1 Å². The van der Waals surface area contributed by atoms with Crippen molar-refractivity contribution in [1.82, 2.24) is 9.82 Å². The molecule has 0 aliphatic heterocycles. The number of anilines is 1. The molecule has 0 aliphatic carbocycles. The second-order valence-electron chi connectivity index (χ2n) is 6.47. The number of hydrogen-bond donors (Lipinski definition) is 2. The smallest absolute Gasteiger partial charge is 0.141 e. The highest BCUT2D eigenvalue weighted by Crippen LogP contribution is 2.36. The number of nitrogens with zero attached hydrogens (tertiary/aromatic N) is 2. The lowest BCUT2D eigenvalue weighted by Crippen LogP contribution is -2.17. The van der Waals surface area contributed by atoms with Gasteiger partial charge in [-0.05, 0) is 41.3 Å². The number of nitriles is 1. The molecule has 2 rings (SSSR count). The molecule has 0 fully saturated rings. The fraction of sp³-hybridized carbons (Fsp3) is 0.300. The van der Waals surface area contributed by atoms with Gasteiger partial charge >= 0.3 is 0 Å². The number of pyridine rings is 1. The van der Waals surface area contributed by atoms with Crippen molar-refractivity contribution in [1.29, 1.82) is 5.26 Å². The Hall–Kier alpha value is -2.40. The fourth-order valence-electron chi connectivity index (χ4n) is 2.41. The van der Waals surface area contributed by atoms with Crippen LogP contribution < -0.4 is 10.3 Å². The van der Waals surface area contributed by atoms with Crippen molar-refractivity contribution in [2.75, 3.05) is 12.0 Å². The number of benzene rings is 1. The maximum atomic E-state index is 14.3. The second-order valence-corrected chi connectivity index (χ2v) is 7.08. The van der Waals surface area contributed by atoms with Crippen LogP contribution in [-0.2, 0) is 4.18 Å². The van der Waals surface area contributed by atoms with Crippen LogP contribution in [0.4, 0.5) is 10.1 Å². The second kappa shape index (κ2) is 10.1. The van der Waals surface area contributed by atoms with Crippen LogP contribution in [-0.4, -0.2) is 11.6 Å². The summed E-state index contributed by atoms with van der Waals surface area (Å²) in [7, 11) is 0. The first kappa shape index (κ1) is 20.9. The predicted molar refractivity (Wildman–Crippen MR) is 108 cm³/mol. The van der Waals surface area contributed by atoms with Crippen molar-refractivity contribution < 1.29 is 8.57 Å². The molecular weight excluding hydrogens is 363 g/mol. The van der Waals surface area contributed by atoms with Crippen LogP contribution in [0.15, 0.2) is 43.1 Å². The molecule has 1 aromatic carbocycles. The molecule has 0 saturated heterocycles. The Labute approximate surface area is 164 Å². The molecule has 1 atom stereocenters. The van der Waals surface area contributed by atoms with Crippen molar-refractivity contribution in [3.05, 3.63) is 60.2 Å². The van der Waals surface area contributed by atoms with E-state index in [4.69, 9.17) is 9.44 Å². The lowest BCUT2D eigenvalue weighted by molar-refractivity contribution is 0.313. The molecule has 1 heterocycles. The fourth-order valence-corrected chi connectivity index (χ4v) is 2.95. The van der Waals surface area contributed by atoms with E-state index >= 15 is 0 Å². The third-order valence-electron chi connectivity index (χ3n) is 3.84. The quantitative estimate of drug-likeness (QED) is 0.203. The Morgan fingerprint density at radius 2 is 2.15 bits per heavy atom. The minimum atomic E-state index is -0.363. The zero-order chi connectivity index (χ0) is 19.8. The maximum absolute atomic E-state index is 14.3. The third-order valence-corrected chi connectivity index (χ3v) is 4.28. The molecule has 0 bridgehead atoms. The summed E-state index contributed by atoms with van der Waals surface area (Å²) in [6, 6.07) is 8.29. The number of hydrogen-bond acceptors (Lipinski definition) is 6. The van der Waals surface area contributed by atoms with E-state index in [1.54, 1.807) is 18.2 Å². The molecular formula is C20H23FN4OS. The van der Waals surface area contributed by atoms with Gasteiger partial charge in [0.1, 0.15) is 17.6 Å². The summed E-state index contributed by atoms with van der Waals surface area (Å²) in [5.74, 6) is -0.0286. The van der Waals surface area contributed by atoms with Crippen LogP contribution in [0, 0.1) is 23.1 Å². The summed E-state index contributed by atoms with van der Waals surface area (Å²) in [4.78, 5) is 6.92. The Balaban J connectivity index is 2.40. The van der Waals surface area contributed by atoms with Gasteiger partial charge in [0.25, 0.3) is 0 Å². The molecule has 0 aliphatic rings. The van der Waals surface area contributed by atoms with Crippen LogP contribution in [0.3, 0.4) is 0 Å². The average molecular weight is 386 g/mol. The topological polar surface area (TPSA) is 70.0 Å². The molecule has 5 nitrogen and oxygen atoms in total. The number of allylic oxidation sites excluding steroid dienone is 1. The van der Waals surface area contributed by atoms with Crippen LogP contribution in [0.2, 0.25) is 0 Å². The summed E-state index contributed by atoms with van der Waals surface area (Å²) in [6.07, 6.45) is 3.28. The highest BCUT2D eigenvalue weighted by atomic mass is 32.2. The molecule has 27 heavy (non-hydrogen) atoms. The number of nitrogens with one attached hydrogen (secondary N) is 2. The van der Waals surface area contributed by atoms with E-state index in [1.807, 2.05) is 13.0 Å². The first-order chi connectivity index (χ1) is 13.0. The number of halogens is 1. The van der Waals surface area contributed by atoms with E-state index in [0.29, 0.717) is 29.3 Å². The third kappa shape index (κ3) is 5.79. The summed E-state index contributed by atoms with van der Waals surface area (Å²) < 4.78 is 19.8. The molecule has 2 N–H and O–H groups in total. The maximum Gasteiger partial charge on any atom is 0.141 e. The van der Waals surface area contributed by atoms with Crippen LogP contribution in [0.25, 0.3) is 11.1 Å². The van der Waals surface area contributed by atoms with E-state index < -0.39 is 0 Å². The van der Waals surface area contributed by atoms with Gasteiger partial charge in [0, 0.05) is 17.7 Å². The van der Waals surface area contributed by atoms with E-state index in [0.717, 1.165) is 17.8 Å². The van der Waals surface area contributed by atoms with E-state index in [2.05, 4.69) is 35.7 Å². The van der Waals surface area contributed by atoms with Gasteiger partial charge < -0.3 is 5.43 Å². The molecule has 7 heteroatoms. The lowest BCUT2D eigenvalue weighted by atomic mass is 9.93. The van der Waals surface area contributed by atoms with Crippen molar-refractivity contribution in [3.63, 3.8) is 0 Å². The standard InChI is InChI=1S/C20H23FN4OS/c1-5-14(4)18-9-16(21)10-19(15-6-7-23-17(8-15)11-22)20(18)24-25-27-26-12-13(2)3/h5-10,13-14,24-25H,1,12H2,2-4H3. The lowest BCUT2D eigenvalue weighted by Gasteiger charge is -2.20. The van der Waals surface area contributed by atoms with E-state index in [9.17, 15) is 4.39 Å². The Morgan fingerprint density at radius 1 is 1.37 bits per heavy atom. The minimum Gasteiger partial charge on any atom is -0.309 e. The molecule has 142 valence electrons.